The molecule has 1 aliphatic carbocycles. The van der Waals surface area contributed by atoms with E-state index < -0.39 is 0 Å². The van der Waals surface area contributed by atoms with Gasteiger partial charge in [-0.25, -0.2) is 0 Å². The average molecular weight is 116 g/mol. The minimum absolute atomic E-state index is 0. The standard InChI is InChI=1S/C6H12.C2H6.H2/c1-2-4-6-5-3-1;1-2;/h1-6H2;1-2H3;1H. The van der Waals surface area contributed by atoms with Crippen LogP contribution in [-0.4, -0.2) is 0 Å². The van der Waals surface area contributed by atoms with Crippen LogP contribution in [0.3, 0.4) is 0 Å². The largest absolute Gasteiger partial charge is 0.0683 e. The zero-order valence-electron chi connectivity index (χ0n) is 6.24. The summed E-state index contributed by atoms with van der Waals surface area (Å²) in [4.78, 5) is 0. The molecule has 0 heteroatoms. The van der Waals surface area contributed by atoms with Crippen molar-refractivity contribution in [2.75, 3.05) is 0 Å². The van der Waals surface area contributed by atoms with E-state index in [2.05, 4.69) is 0 Å². The smallest absolute Gasteiger partial charge is 0 e. The highest BCUT2D eigenvalue weighted by atomic mass is 14.0. The van der Waals surface area contributed by atoms with Gasteiger partial charge in [-0.05, 0) is 0 Å². The summed E-state index contributed by atoms with van der Waals surface area (Å²) in [6, 6.07) is 0. The average Bonchev–Trinajstić information content (AvgIpc) is 1.96. The van der Waals surface area contributed by atoms with Crippen LogP contribution < -0.4 is 0 Å². The second kappa shape index (κ2) is 7.00. The van der Waals surface area contributed by atoms with E-state index in [-0.39, 0.29) is 1.43 Å². The van der Waals surface area contributed by atoms with E-state index in [9.17, 15) is 0 Å². The molecule has 0 saturated heterocycles. The summed E-state index contributed by atoms with van der Waals surface area (Å²) in [6.45, 7) is 4.00. The van der Waals surface area contributed by atoms with E-state index in [1.807, 2.05) is 13.8 Å². The van der Waals surface area contributed by atoms with Gasteiger partial charge < -0.3 is 0 Å². The van der Waals surface area contributed by atoms with Gasteiger partial charge in [0.2, 0.25) is 0 Å². The van der Waals surface area contributed by atoms with E-state index in [4.69, 9.17) is 0 Å². The van der Waals surface area contributed by atoms with E-state index in [0.29, 0.717) is 0 Å². The van der Waals surface area contributed by atoms with Crippen molar-refractivity contribution in [1.29, 1.82) is 0 Å². The fraction of sp³-hybridized carbons (Fsp3) is 1.00. The molecule has 0 amide bonds. The molecule has 0 aliphatic heterocycles. The first kappa shape index (κ1) is 8.00. The van der Waals surface area contributed by atoms with Gasteiger partial charge >= 0.3 is 0 Å². The molecule has 0 aromatic carbocycles. The predicted molar refractivity (Wildman–Crippen MR) is 41.2 cm³/mol. The molecular formula is C8H20. The summed E-state index contributed by atoms with van der Waals surface area (Å²) in [7, 11) is 0. The highest BCUT2D eigenvalue weighted by molar-refractivity contribution is 4.51. The van der Waals surface area contributed by atoms with Crippen LogP contribution in [0, 0.1) is 0 Å². The third-order valence-corrected chi connectivity index (χ3v) is 1.50. The monoisotopic (exact) mass is 116 g/mol. The maximum Gasteiger partial charge on any atom is 0 e. The molecule has 0 spiro atoms. The molecule has 0 aromatic heterocycles. The molecule has 0 radical (unpaired) electrons. The van der Waals surface area contributed by atoms with Crippen molar-refractivity contribution >= 4 is 0 Å². The van der Waals surface area contributed by atoms with Crippen molar-refractivity contribution in [3.05, 3.63) is 0 Å². The lowest BCUT2D eigenvalue weighted by atomic mass is 10.0. The Hall–Kier alpha value is 0. The lowest BCUT2D eigenvalue weighted by molar-refractivity contribution is 0.504. The van der Waals surface area contributed by atoms with E-state index in [1.54, 1.807) is 0 Å². The maximum atomic E-state index is 2.00. The van der Waals surface area contributed by atoms with E-state index in [1.165, 1.54) is 38.5 Å². The van der Waals surface area contributed by atoms with Gasteiger partial charge in [-0.3, -0.25) is 0 Å². The van der Waals surface area contributed by atoms with Gasteiger partial charge in [0.25, 0.3) is 0 Å². The van der Waals surface area contributed by atoms with Crippen molar-refractivity contribution < 1.29 is 1.43 Å². The van der Waals surface area contributed by atoms with Crippen LogP contribution in [0.1, 0.15) is 53.8 Å². The second-order valence-electron chi connectivity index (χ2n) is 2.12. The van der Waals surface area contributed by atoms with Gasteiger partial charge in [0.1, 0.15) is 0 Å². The first-order valence-electron chi connectivity index (χ1n) is 4.00. The van der Waals surface area contributed by atoms with Crippen LogP contribution >= 0.6 is 0 Å². The van der Waals surface area contributed by atoms with E-state index in [0.717, 1.165) is 0 Å². The summed E-state index contributed by atoms with van der Waals surface area (Å²) >= 11 is 0. The Labute approximate surface area is 54.8 Å². The summed E-state index contributed by atoms with van der Waals surface area (Å²) < 4.78 is 0. The molecule has 8 heavy (non-hydrogen) atoms. The lowest BCUT2D eigenvalue weighted by Crippen LogP contribution is -1.85. The van der Waals surface area contributed by atoms with Gasteiger partial charge in [0.15, 0.2) is 0 Å². The molecule has 0 heterocycles. The lowest BCUT2D eigenvalue weighted by Gasteiger charge is -2.05. The predicted octanol–water partition coefficient (Wildman–Crippen LogP) is 3.61. The van der Waals surface area contributed by atoms with Crippen LogP contribution in [0.2, 0.25) is 0 Å². The van der Waals surface area contributed by atoms with Crippen molar-refractivity contribution in [1.82, 2.24) is 0 Å². The molecular weight excluding hydrogens is 96.1 g/mol. The zero-order valence-corrected chi connectivity index (χ0v) is 6.24. The summed E-state index contributed by atoms with van der Waals surface area (Å²) in [6.07, 6.45) is 9.00. The van der Waals surface area contributed by atoms with Crippen molar-refractivity contribution in [2.45, 2.75) is 52.4 Å². The first-order chi connectivity index (χ1) is 4.00. The quantitative estimate of drug-likeness (QED) is 0.453. The van der Waals surface area contributed by atoms with Crippen LogP contribution in [0.5, 0.6) is 0 Å². The van der Waals surface area contributed by atoms with Crippen LogP contribution in [-0.2, 0) is 0 Å². The van der Waals surface area contributed by atoms with Gasteiger partial charge in [0, 0.05) is 1.43 Å². The normalized spacial score (nSPS) is 18.8. The van der Waals surface area contributed by atoms with Gasteiger partial charge in [-0.15, -0.1) is 0 Å². The molecule has 0 atom stereocenters. The highest BCUT2D eigenvalue weighted by Crippen LogP contribution is 2.15. The minimum Gasteiger partial charge on any atom is -0.0683 e. The van der Waals surface area contributed by atoms with Gasteiger partial charge in [-0.2, -0.15) is 0 Å². The SMILES string of the molecule is C1CCCCC1.CC.[HH]. The highest BCUT2D eigenvalue weighted by Gasteiger charge is 1.95. The Kier molecular flexibility index (Phi) is 7.00. The molecule has 0 aromatic rings. The summed E-state index contributed by atoms with van der Waals surface area (Å²) in [5, 5.41) is 0. The van der Waals surface area contributed by atoms with Gasteiger partial charge in [0.05, 0.1) is 0 Å². The molecule has 1 saturated carbocycles. The molecule has 0 unspecified atom stereocenters. The van der Waals surface area contributed by atoms with E-state index >= 15 is 0 Å². The Morgan fingerprint density at radius 1 is 0.625 bits per heavy atom. The summed E-state index contributed by atoms with van der Waals surface area (Å²) in [5.74, 6) is 0. The van der Waals surface area contributed by atoms with Crippen molar-refractivity contribution in [3.63, 3.8) is 0 Å². The fourth-order valence-electron chi connectivity index (χ4n) is 1.06. The molecule has 1 aliphatic rings. The molecule has 0 N–H and O–H groups in total. The van der Waals surface area contributed by atoms with Crippen LogP contribution in [0.15, 0.2) is 0 Å². The van der Waals surface area contributed by atoms with Crippen LogP contribution in [0.25, 0.3) is 0 Å². The Morgan fingerprint density at radius 2 is 0.750 bits per heavy atom. The summed E-state index contributed by atoms with van der Waals surface area (Å²) in [5.41, 5.74) is 0. The Balaban J connectivity index is 0. The molecule has 0 bridgehead atoms. The number of hydrogen-bond donors (Lipinski definition) is 0. The minimum atomic E-state index is 0. The van der Waals surface area contributed by atoms with Crippen molar-refractivity contribution in [2.24, 2.45) is 0 Å². The number of hydrogen-bond acceptors (Lipinski definition) is 0. The maximum absolute atomic E-state index is 2.00. The third kappa shape index (κ3) is 4.17. The van der Waals surface area contributed by atoms with Crippen LogP contribution in [0.4, 0.5) is 0 Å². The topological polar surface area (TPSA) is 0 Å². The molecule has 0 nitrogen and oxygen atoms in total. The van der Waals surface area contributed by atoms with Gasteiger partial charge in [-0.1, -0.05) is 52.4 Å². The molecule has 1 fully saturated rings. The molecule has 52 valence electrons. The second-order valence-corrected chi connectivity index (χ2v) is 2.12. The third-order valence-electron chi connectivity index (χ3n) is 1.50. The molecule has 1 rings (SSSR count). The number of rotatable bonds is 0. The Bertz CT molecular complexity index is 20.0. The van der Waals surface area contributed by atoms with Crippen molar-refractivity contribution in [3.8, 4) is 0 Å². The zero-order chi connectivity index (χ0) is 6.24. The first-order valence-corrected chi connectivity index (χ1v) is 4.00. The Morgan fingerprint density at radius 3 is 0.875 bits per heavy atom. The fourth-order valence-corrected chi connectivity index (χ4v) is 1.06.